The highest BCUT2D eigenvalue weighted by molar-refractivity contribution is 7.08. The second-order valence-electron chi connectivity index (χ2n) is 6.01. The molecule has 132 valence electrons. The lowest BCUT2D eigenvalue weighted by Crippen LogP contribution is -2.34. The topological polar surface area (TPSA) is 58.6 Å². The third kappa shape index (κ3) is 4.02. The number of nitrogens with zero attached hydrogens (tertiary/aromatic N) is 1. The van der Waals surface area contributed by atoms with Gasteiger partial charge >= 0.3 is 0 Å². The first kappa shape index (κ1) is 17.5. The normalized spacial score (nSPS) is 16.7. The highest BCUT2D eigenvalue weighted by Gasteiger charge is 2.29. The summed E-state index contributed by atoms with van der Waals surface area (Å²) in [4.78, 5) is 26.8. The van der Waals surface area contributed by atoms with Gasteiger partial charge in [0.25, 0.3) is 5.91 Å². The molecule has 25 heavy (non-hydrogen) atoms. The lowest BCUT2D eigenvalue weighted by Gasteiger charge is -2.24. The van der Waals surface area contributed by atoms with Crippen molar-refractivity contribution in [2.75, 3.05) is 20.2 Å². The minimum absolute atomic E-state index is 0.0917. The average molecular weight is 358 g/mol. The van der Waals surface area contributed by atoms with Gasteiger partial charge in [0.1, 0.15) is 5.75 Å². The molecule has 0 aliphatic carbocycles. The van der Waals surface area contributed by atoms with Crippen molar-refractivity contribution >= 4 is 23.2 Å². The minimum atomic E-state index is -0.221. The summed E-state index contributed by atoms with van der Waals surface area (Å²) in [5.41, 5.74) is 1.70. The molecule has 1 aliphatic heterocycles. The van der Waals surface area contributed by atoms with Crippen LogP contribution in [-0.2, 0) is 4.79 Å². The molecule has 0 unspecified atom stereocenters. The van der Waals surface area contributed by atoms with Crippen molar-refractivity contribution < 1.29 is 14.3 Å². The Morgan fingerprint density at radius 2 is 2.16 bits per heavy atom. The molecule has 1 atom stereocenters. The first-order valence-electron chi connectivity index (χ1n) is 8.43. The van der Waals surface area contributed by atoms with Crippen LogP contribution >= 0.6 is 11.3 Å². The van der Waals surface area contributed by atoms with Crippen LogP contribution in [0.4, 0.5) is 0 Å². The predicted molar refractivity (Wildman–Crippen MR) is 98.0 cm³/mol. The van der Waals surface area contributed by atoms with Gasteiger partial charge in [-0.2, -0.15) is 11.3 Å². The van der Waals surface area contributed by atoms with Crippen LogP contribution in [0.2, 0.25) is 0 Å². The third-order valence-electron chi connectivity index (χ3n) is 4.48. The Hall–Kier alpha value is -2.34. The van der Waals surface area contributed by atoms with Crippen LogP contribution in [0.25, 0.3) is 0 Å². The van der Waals surface area contributed by atoms with Crippen LogP contribution < -0.4 is 10.1 Å². The second kappa shape index (κ2) is 8.16. The largest absolute Gasteiger partial charge is 0.496 e. The van der Waals surface area contributed by atoms with Gasteiger partial charge in [-0.25, -0.2) is 0 Å². The van der Waals surface area contributed by atoms with Crippen molar-refractivity contribution in [2.24, 2.45) is 0 Å². The summed E-state index contributed by atoms with van der Waals surface area (Å²) in [5, 5.41) is 6.97. The van der Waals surface area contributed by atoms with Gasteiger partial charge < -0.3 is 15.0 Å². The Kier molecular flexibility index (Phi) is 5.71. The molecule has 5 nitrogen and oxygen atoms in total. The van der Waals surface area contributed by atoms with Crippen molar-refractivity contribution in [3.05, 3.63) is 52.2 Å². The van der Waals surface area contributed by atoms with Crippen molar-refractivity contribution in [1.82, 2.24) is 10.2 Å². The maximum absolute atomic E-state index is 12.5. The van der Waals surface area contributed by atoms with Crippen LogP contribution in [0.1, 0.15) is 41.2 Å². The zero-order valence-corrected chi connectivity index (χ0v) is 15.1. The summed E-state index contributed by atoms with van der Waals surface area (Å²) in [7, 11) is 1.54. The van der Waals surface area contributed by atoms with Gasteiger partial charge in [-0.05, 0) is 47.4 Å². The van der Waals surface area contributed by atoms with E-state index in [-0.39, 0.29) is 17.9 Å². The smallest absolute Gasteiger partial charge is 0.255 e. The Labute approximate surface area is 151 Å². The zero-order chi connectivity index (χ0) is 17.6. The Morgan fingerprint density at radius 3 is 2.92 bits per heavy atom. The van der Waals surface area contributed by atoms with E-state index in [1.54, 1.807) is 29.5 Å². The monoisotopic (exact) mass is 358 g/mol. The maximum Gasteiger partial charge on any atom is 0.255 e. The Balaban J connectivity index is 1.53. The average Bonchev–Trinajstić information content (AvgIpc) is 3.32. The number of carbonyl (C=O) groups is 2. The molecule has 0 radical (unpaired) electrons. The molecule has 2 heterocycles. The molecule has 1 fully saturated rings. The molecule has 3 rings (SSSR count). The molecule has 6 heteroatoms. The number of para-hydroxylation sites is 1. The van der Waals surface area contributed by atoms with E-state index in [0.717, 1.165) is 19.4 Å². The number of amides is 2. The Bertz CT molecular complexity index is 730. The molecule has 0 spiro atoms. The number of nitrogens with one attached hydrogen (secondary N) is 1. The number of ether oxygens (including phenoxy) is 1. The first-order valence-corrected chi connectivity index (χ1v) is 9.37. The second-order valence-corrected chi connectivity index (χ2v) is 6.79. The zero-order valence-electron chi connectivity index (χ0n) is 14.2. The van der Waals surface area contributed by atoms with Gasteiger partial charge in [-0.3, -0.25) is 9.59 Å². The van der Waals surface area contributed by atoms with E-state index in [9.17, 15) is 9.59 Å². The van der Waals surface area contributed by atoms with Gasteiger partial charge in [0, 0.05) is 19.5 Å². The van der Waals surface area contributed by atoms with Crippen LogP contribution in [-0.4, -0.2) is 36.9 Å². The lowest BCUT2D eigenvalue weighted by atomic mass is 10.1. The summed E-state index contributed by atoms with van der Waals surface area (Å²) >= 11 is 1.66. The third-order valence-corrected chi connectivity index (χ3v) is 5.18. The van der Waals surface area contributed by atoms with E-state index in [1.165, 1.54) is 12.7 Å². The summed E-state index contributed by atoms with van der Waals surface area (Å²) in [6.07, 6.45) is 2.34. The van der Waals surface area contributed by atoms with Gasteiger partial charge in [-0.1, -0.05) is 12.1 Å². The van der Waals surface area contributed by atoms with Gasteiger partial charge in [0.2, 0.25) is 5.91 Å². The fourth-order valence-electron chi connectivity index (χ4n) is 3.23. The van der Waals surface area contributed by atoms with Gasteiger partial charge in [0.15, 0.2) is 0 Å². The number of rotatable bonds is 6. The molecule has 1 saturated heterocycles. The number of likely N-dealkylation sites (tertiary alicyclic amines) is 1. The molecule has 1 N–H and O–H groups in total. The van der Waals surface area contributed by atoms with Gasteiger partial charge in [0.05, 0.1) is 18.7 Å². The SMILES string of the molecule is COc1ccccc1C(=O)NCCC(=O)N1CCC[C@H]1c1ccsc1. The molecule has 1 aliphatic rings. The standard InChI is InChI=1S/C19H22N2O3S/c1-24-17-7-3-2-5-15(17)19(23)20-10-8-18(22)21-11-4-6-16(21)14-9-12-25-13-14/h2-3,5,7,9,12-13,16H,4,6,8,10-11H2,1H3,(H,20,23)/t16-/m0/s1. The molecule has 0 bridgehead atoms. The quantitative estimate of drug-likeness (QED) is 0.862. The van der Waals surface area contributed by atoms with E-state index in [0.29, 0.717) is 24.3 Å². The van der Waals surface area contributed by atoms with Crippen molar-refractivity contribution in [1.29, 1.82) is 0 Å². The van der Waals surface area contributed by atoms with E-state index in [2.05, 4.69) is 16.8 Å². The van der Waals surface area contributed by atoms with Gasteiger partial charge in [-0.15, -0.1) is 0 Å². The molecule has 1 aromatic heterocycles. The number of benzene rings is 1. The predicted octanol–water partition coefficient (Wildman–Crippen LogP) is 3.24. The van der Waals surface area contributed by atoms with Crippen LogP contribution in [0, 0.1) is 0 Å². The number of hydrogen-bond donors (Lipinski definition) is 1. The summed E-state index contributed by atoms with van der Waals surface area (Å²) < 4.78 is 5.20. The van der Waals surface area contributed by atoms with E-state index < -0.39 is 0 Å². The Morgan fingerprint density at radius 1 is 1.32 bits per heavy atom. The molecular formula is C19H22N2O3S. The summed E-state index contributed by atoms with van der Waals surface area (Å²) in [5.74, 6) is 0.401. The summed E-state index contributed by atoms with van der Waals surface area (Å²) in [6.45, 7) is 1.11. The number of carbonyl (C=O) groups excluding carboxylic acids is 2. The minimum Gasteiger partial charge on any atom is -0.496 e. The van der Waals surface area contributed by atoms with Crippen molar-refractivity contribution in [2.45, 2.75) is 25.3 Å². The van der Waals surface area contributed by atoms with Crippen LogP contribution in [0.15, 0.2) is 41.1 Å². The van der Waals surface area contributed by atoms with Crippen LogP contribution in [0.3, 0.4) is 0 Å². The fourth-order valence-corrected chi connectivity index (χ4v) is 3.94. The van der Waals surface area contributed by atoms with Crippen molar-refractivity contribution in [3.8, 4) is 5.75 Å². The first-order chi connectivity index (χ1) is 12.2. The van der Waals surface area contributed by atoms with E-state index in [4.69, 9.17) is 4.74 Å². The molecular weight excluding hydrogens is 336 g/mol. The van der Waals surface area contributed by atoms with E-state index >= 15 is 0 Å². The number of thiophene rings is 1. The van der Waals surface area contributed by atoms with Crippen molar-refractivity contribution in [3.63, 3.8) is 0 Å². The highest BCUT2D eigenvalue weighted by atomic mass is 32.1. The highest BCUT2D eigenvalue weighted by Crippen LogP contribution is 2.33. The number of hydrogen-bond acceptors (Lipinski definition) is 4. The lowest BCUT2D eigenvalue weighted by molar-refractivity contribution is -0.132. The fraction of sp³-hybridized carbons (Fsp3) is 0.368. The van der Waals surface area contributed by atoms with Crippen LogP contribution in [0.5, 0.6) is 5.75 Å². The molecule has 1 aromatic carbocycles. The maximum atomic E-state index is 12.5. The number of methoxy groups -OCH3 is 1. The molecule has 0 saturated carbocycles. The molecule has 2 aromatic rings. The molecule has 2 amide bonds. The van der Waals surface area contributed by atoms with E-state index in [1.807, 2.05) is 16.3 Å². The summed E-state index contributed by atoms with van der Waals surface area (Å²) in [6, 6.07) is 9.34.